The first kappa shape index (κ1) is 12.3. The normalized spacial score (nSPS) is 33.1. The monoisotopic (exact) mass is 248 g/mol. The summed E-state index contributed by atoms with van der Waals surface area (Å²) >= 11 is 0. The molecule has 5 nitrogen and oxygen atoms in total. The summed E-state index contributed by atoms with van der Waals surface area (Å²) in [6.07, 6.45) is 3.63. The second-order valence-corrected chi connectivity index (χ2v) is 6.69. The molecule has 0 aromatic heterocycles. The Bertz CT molecular complexity index is 325. The molecule has 2 fully saturated rings. The molecule has 16 heavy (non-hydrogen) atoms. The lowest BCUT2D eigenvalue weighted by atomic mass is 10.1. The van der Waals surface area contributed by atoms with Gasteiger partial charge in [-0.3, -0.25) is 0 Å². The zero-order valence-electron chi connectivity index (χ0n) is 9.47. The van der Waals surface area contributed by atoms with E-state index in [-0.39, 0.29) is 17.9 Å². The predicted molar refractivity (Wildman–Crippen MR) is 61.5 cm³/mol. The Balaban J connectivity index is 1.91. The van der Waals surface area contributed by atoms with Crippen LogP contribution in [-0.4, -0.2) is 50.3 Å². The Hall–Kier alpha value is -0.170. The van der Waals surface area contributed by atoms with Gasteiger partial charge in [0.2, 0.25) is 10.0 Å². The fourth-order valence-corrected chi connectivity index (χ4v) is 4.03. The smallest absolute Gasteiger partial charge is 0.216 e. The van der Waals surface area contributed by atoms with Crippen LogP contribution in [0.5, 0.6) is 0 Å². The molecule has 0 aromatic carbocycles. The van der Waals surface area contributed by atoms with Crippen LogP contribution in [0.1, 0.15) is 25.7 Å². The number of hydrogen-bond donors (Lipinski definition) is 1. The van der Waals surface area contributed by atoms with Crippen LogP contribution in [0, 0.1) is 0 Å². The van der Waals surface area contributed by atoms with Gasteiger partial charge in [-0.15, -0.1) is 0 Å². The summed E-state index contributed by atoms with van der Waals surface area (Å²) in [7, 11) is -3.16. The van der Waals surface area contributed by atoms with E-state index in [9.17, 15) is 8.42 Å². The van der Waals surface area contributed by atoms with Crippen LogP contribution in [0.2, 0.25) is 0 Å². The zero-order chi connectivity index (χ0) is 11.6. The summed E-state index contributed by atoms with van der Waals surface area (Å²) in [5.74, 6) is 0.125. The minimum atomic E-state index is -3.16. The molecule has 0 bridgehead atoms. The minimum Gasteiger partial charge on any atom is -0.377 e. The zero-order valence-corrected chi connectivity index (χ0v) is 10.3. The molecule has 2 N–H and O–H groups in total. The van der Waals surface area contributed by atoms with Gasteiger partial charge in [0.25, 0.3) is 0 Å². The standard InChI is InChI=1S/C10H20N2O3S/c11-9-4-5-12(7-9)16(13,14)8-10-3-1-2-6-15-10/h9-10H,1-8,11H2/t9-,10?/m0/s1. The maximum Gasteiger partial charge on any atom is 0.216 e. The van der Waals surface area contributed by atoms with Crippen molar-refractivity contribution in [3.05, 3.63) is 0 Å². The lowest BCUT2D eigenvalue weighted by molar-refractivity contribution is 0.0299. The summed E-state index contributed by atoms with van der Waals surface area (Å²) < 4.78 is 31.0. The molecular weight excluding hydrogens is 228 g/mol. The Morgan fingerprint density at radius 2 is 2.12 bits per heavy atom. The van der Waals surface area contributed by atoms with E-state index in [1.54, 1.807) is 0 Å². The molecule has 2 aliphatic rings. The molecule has 2 aliphatic heterocycles. The summed E-state index contributed by atoms with van der Waals surface area (Å²) in [6, 6.07) is 0.00190. The maximum atomic E-state index is 12.0. The maximum absolute atomic E-state index is 12.0. The molecule has 0 aliphatic carbocycles. The van der Waals surface area contributed by atoms with Gasteiger partial charge in [-0.05, 0) is 25.7 Å². The van der Waals surface area contributed by atoms with Crippen molar-refractivity contribution in [1.82, 2.24) is 4.31 Å². The first-order valence-electron chi connectivity index (χ1n) is 5.93. The Morgan fingerprint density at radius 1 is 1.31 bits per heavy atom. The van der Waals surface area contributed by atoms with Crippen molar-refractivity contribution in [2.24, 2.45) is 5.73 Å². The van der Waals surface area contributed by atoms with E-state index in [1.807, 2.05) is 0 Å². The average molecular weight is 248 g/mol. The SMILES string of the molecule is N[C@H]1CCN(S(=O)(=O)CC2CCCCO2)C1. The van der Waals surface area contributed by atoms with Crippen molar-refractivity contribution >= 4 is 10.0 Å². The molecule has 0 spiro atoms. The van der Waals surface area contributed by atoms with E-state index >= 15 is 0 Å². The highest BCUT2D eigenvalue weighted by atomic mass is 32.2. The van der Waals surface area contributed by atoms with E-state index in [0.29, 0.717) is 19.7 Å². The quantitative estimate of drug-likeness (QED) is 0.758. The highest BCUT2D eigenvalue weighted by Gasteiger charge is 2.32. The van der Waals surface area contributed by atoms with Gasteiger partial charge < -0.3 is 10.5 Å². The molecule has 2 saturated heterocycles. The fraction of sp³-hybridized carbons (Fsp3) is 1.00. The number of nitrogens with zero attached hydrogens (tertiary/aromatic N) is 1. The number of sulfonamides is 1. The molecular formula is C10H20N2O3S. The van der Waals surface area contributed by atoms with Crippen LogP contribution >= 0.6 is 0 Å². The molecule has 1 unspecified atom stereocenters. The molecule has 94 valence electrons. The molecule has 0 aromatic rings. The summed E-state index contributed by atoms with van der Waals surface area (Å²) in [6.45, 7) is 1.73. The number of hydrogen-bond acceptors (Lipinski definition) is 4. The largest absolute Gasteiger partial charge is 0.377 e. The van der Waals surface area contributed by atoms with Crippen LogP contribution < -0.4 is 5.73 Å². The number of ether oxygens (including phenoxy) is 1. The minimum absolute atomic E-state index is 0.00190. The van der Waals surface area contributed by atoms with Crippen LogP contribution in [0.25, 0.3) is 0 Å². The van der Waals surface area contributed by atoms with Gasteiger partial charge in [0, 0.05) is 25.7 Å². The average Bonchev–Trinajstić information content (AvgIpc) is 2.66. The van der Waals surface area contributed by atoms with Crippen molar-refractivity contribution in [3.8, 4) is 0 Å². The van der Waals surface area contributed by atoms with E-state index in [4.69, 9.17) is 10.5 Å². The first-order chi connectivity index (χ1) is 7.58. The molecule has 2 rings (SSSR count). The second kappa shape index (κ2) is 5.00. The van der Waals surface area contributed by atoms with Gasteiger partial charge >= 0.3 is 0 Å². The summed E-state index contributed by atoms with van der Waals surface area (Å²) in [5, 5.41) is 0. The van der Waals surface area contributed by atoms with Gasteiger partial charge in [0.1, 0.15) is 0 Å². The van der Waals surface area contributed by atoms with Crippen molar-refractivity contribution in [2.45, 2.75) is 37.8 Å². The van der Waals surface area contributed by atoms with E-state index in [1.165, 1.54) is 4.31 Å². The van der Waals surface area contributed by atoms with Gasteiger partial charge in [-0.1, -0.05) is 0 Å². The molecule has 0 saturated carbocycles. The summed E-state index contributed by atoms with van der Waals surface area (Å²) in [4.78, 5) is 0. The third-order valence-corrected chi connectivity index (χ3v) is 5.16. The Kier molecular flexibility index (Phi) is 3.84. The molecule has 0 amide bonds. The van der Waals surface area contributed by atoms with E-state index in [0.717, 1.165) is 25.7 Å². The highest BCUT2D eigenvalue weighted by molar-refractivity contribution is 7.89. The molecule has 6 heteroatoms. The number of nitrogens with two attached hydrogens (primary N) is 1. The number of rotatable bonds is 3. The van der Waals surface area contributed by atoms with E-state index in [2.05, 4.69) is 0 Å². The van der Waals surface area contributed by atoms with Gasteiger partial charge in [-0.25, -0.2) is 12.7 Å². The third kappa shape index (κ3) is 2.94. The molecule has 0 radical (unpaired) electrons. The predicted octanol–water partition coefficient (Wildman–Crippen LogP) is -0.0817. The molecule has 2 heterocycles. The van der Waals surface area contributed by atoms with Crippen LogP contribution in [0.15, 0.2) is 0 Å². The van der Waals surface area contributed by atoms with Crippen LogP contribution in [0.3, 0.4) is 0 Å². The molecule has 2 atom stereocenters. The second-order valence-electron chi connectivity index (χ2n) is 4.67. The van der Waals surface area contributed by atoms with Crippen molar-refractivity contribution in [1.29, 1.82) is 0 Å². The lowest BCUT2D eigenvalue weighted by Crippen LogP contribution is -2.38. The topological polar surface area (TPSA) is 72.6 Å². The van der Waals surface area contributed by atoms with Crippen molar-refractivity contribution in [2.75, 3.05) is 25.4 Å². The van der Waals surface area contributed by atoms with Gasteiger partial charge in [0.15, 0.2) is 0 Å². The Morgan fingerprint density at radius 3 is 2.69 bits per heavy atom. The summed E-state index contributed by atoms with van der Waals surface area (Å²) in [5.41, 5.74) is 5.72. The van der Waals surface area contributed by atoms with Gasteiger partial charge in [-0.2, -0.15) is 0 Å². The lowest BCUT2D eigenvalue weighted by Gasteiger charge is -2.25. The Labute approximate surface area is 97.0 Å². The van der Waals surface area contributed by atoms with Crippen LogP contribution in [-0.2, 0) is 14.8 Å². The third-order valence-electron chi connectivity index (χ3n) is 3.25. The van der Waals surface area contributed by atoms with Crippen molar-refractivity contribution in [3.63, 3.8) is 0 Å². The van der Waals surface area contributed by atoms with Crippen LogP contribution in [0.4, 0.5) is 0 Å². The fourth-order valence-electron chi connectivity index (χ4n) is 2.29. The van der Waals surface area contributed by atoms with Gasteiger partial charge in [0.05, 0.1) is 11.9 Å². The van der Waals surface area contributed by atoms with Crippen molar-refractivity contribution < 1.29 is 13.2 Å². The first-order valence-corrected chi connectivity index (χ1v) is 7.54. The van der Waals surface area contributed by atoms with E-state index < -0.39 is 10.0 Å². The highest BCUT2D eigenvalue weighted by Crippen LogP contribution is 2.18.